The number of aliphatic hydroxyl groups excluding tert-OH is 1. The smallest absolute Gasteiger partial charge is 0.227 e. The lowest BCUT2D eigenvalue weighted by Gasteiger charge is -2.35. The van der Waals surface area contributed by atoms with Crippen LogP contribution in [-0.2, 0) is 0 Å². The fraction of sp³-hybridized carbons (Fsp3) is 0.455. The molecule has 156 valence electrons. The van der Waals surface area contributed by atoms with Gasteiger partial charge >= 0.3 is 0 Å². The molecule has 1 aliphatic heterocycles. The van der Waals surface area contributed by atoms with Crippen LogP contribution >= 0.6 is 0 Å². The second kappa shape index (κ2) is 7.68. The summed E-state index contributed by atoms with van der Waals surface area (Å²) in [5.41, 5.74) is 1.75. The largest absolute Gasteiger partial charge is 0.437 e. The van der Waals surface area contributed by atoms with E-state index in [9.17, 15) is 5.11 Å². The van der Waals surface area contributed by atoms with E-state index in [4.69, 9.17) is 4.74 Å². The Hall–Kier alpha value is -3.00. The van der Waals surface area contributed by atoms with Crippen LogP contribution in [-0.4, -0.2) is 48.8 Å². The van der Waals surface area contributed by atoms with Crippen molar-refractivity contribution in [2.45, 2.75) is 38.8 Å². The van der Waals surface area contributed by atoms with Crippen LogP contribution in [0.15, 0.2) is 43.4 Å². The van der Waals surface area contributed by atoms with Crippen LogP contribution in [0.5, 0.6) is 11.6 Å². The average molecular weight is 406 g/mol. The number of hydrogen-bond acceptors (Lipinski definition) is 7. The van der Waals surface area contributed by atoms with Crippen molar-refractivity contribution < 1.29 is 9.84 Å². The van der Waals surface area contributed by atoms with Gasteiger partial charge in [-0.25, -0.2) is 15.0 Å². The Morgan fingerprint density at radius 2 is 1.90 bits per heavy atom. The highest BCUT2D eigenvalue weighted by molar-refractivity contribution is 5.52. The molecule has 3 aromatic heterocycles. The first-order valence-corrected chi connectivity index (χ1v) is 10.4. The zero-order valence-corrected chi connectivity index (χ0v) is 17.2. The van der Waals surface area contributed by atoms with Crippen molar-refractivity contribution in [3.63, 3.8) is 0 Å². The van der Waals surface area contributed by atoms with E-state index in [1.165, 1.54) is 0 Å². The molecule has 2 aliphatic rings. The summed E-state index contributed by atoms with van der Waals surface area (Å²) in [6.07, 6.45) is 10.2. The van der Waals surface area contributed by atoms with Crippen LogP contribution in [0.4, 0.5) is 5.82 Å². The van der Waals surface area contributed by atoms with Gasteiger partial charge in [-0.1, -0.05) is 0 Å². The maximum absolute atomic E-state index is 10.7. The molecule has 3 aromatic rings. The van der Waals surface area contributed by atoms with Gasteiger partial charge in [-0.2, -0.15) is 0 Å². The number of rotatable bonds is 4. The number of aryl methyl sites for hydroxylation is 1. The molecule has 0 bridgehead atoms. The van der Waals surface area contributed by atoms with Gasteiger partial charge in [0.2, 0.25) is 5.88 Å². The van der Waals surface area contributed by atoms with E-state index in [0.717, 1.165) is 43.0 Å². The van der Waals surface area contributed by atoms with Gasteiger partial charge in [0.05, 0.1) is 29.7 Å². The summed E-state index contributed by atoms with van der Waals surface area (Å²) in [6.45, 7) is 5.73. The molecule has 2 fully saturated rings. The second-order valence-corrected chi connectivity index (χ2v) is 8.36. The first-order chi connectivity index (χ1) is 14.6. The number of hydrogen-bond donors (Lipinski definition) is 1. The third-order valence-electron chi connectivity index (χ3n) is 6.49. The molecule has 1 aliphatic carbocycles. The van der Waals surface area contributed by atoms with Crippen LogP contribution in [0, 0.1) is 25.7 Å². The lowest BCUT2D eigenvalue weighted by atomic mass is 9.77. The van der Waals surface area contributed by atoms with E-state index in [2.05, 4.69) is 24.8 Å². The fourth-order valence-corrected chi connectivity index (χ4v) is 4.89. The Balaban J connectivity index is 1.35. The second-order valence-electron chi connectivity index (χ2n) is 8.36. The topological polar surface area (TPSA) is 89.2 Å². The van der Waals surface area contributed by atoms with E-state index in [1.807, 2.05) is 36.7 Å². The summed E-state index contributed by atoms with van der Waals surface area (Å²) >= 11 is 0. The summed E-state index contributed by atoms with van der Waals surface area (Å²) in [4.78, 5) is 19.7. The molecule has 0 unspecified atom stereocenters. The van der Waals surface area contributed by atoms with Crippen LogP contribution in [0.2, 0.25) is 0 Å². The van der Waals surface area contributed by atoms with E-state index in [1.54, 1.807) is 25.0 Å². The van der Waals surface area contributed by atoms with Crippen molar-refractivity contribution in [3.05, 3.63) is 54.6 Å². The standard InChI is InChI=1S/C22H26N6O2/c1-14-21(25-12-26-22(14)30-20-4-3-5-24-15(20)2)28-10-16-8-18(27-7-6-23-13-27)19(29)9-17(16)11-28/h3-7,12-13,16-19,29H,8-11H2,1-2H3/t16-,17+,18-,19-/m1/s1. The number of imidazole rings is 1. The highest BCUT2D eigenvalue weighted by Crippen LogP contribution is 2.43. The van der Waals surface area contributed by atoms with Crippen LogP contribution < -0.4 is 9.64 Å². The minimum Gasteiger partial charge on any atom is -0.437 e. The molecule has 0 amide bonds. The van der Waals surface area contributed by atoms with Gasteiger partial charge in [0.25, 0.3) is 0 Å². The van der Waals surface area contributed by atoms with Crippen molar-refractivity contribution in [1.82, 2.24) is 24.5 Å². The van der Waals surface area contributed by atoms with Crippen molar-refractivity contribution in [2.24, 2.45) is 11.8 Å². The summed E-state index contributed by atoms with van der Waals surface area (Å²) in [7, 11) is 0. The van der Waals surface area contributed by atoms with Crippen molar-refractivity contribution >= 4 is 5.82 Å². The lowest BCUT2D eigenvalue weighted by molar-refractivity contribution is 0.0358. The molecule has 5 rings (SSSR count). The zero-order valence-electron chi connectivity index (χ0n) is 17.2. The molecule has 4 atom stereocenters. The third kappa shape index (κ3) is 3.41. The minimum atomic E-state index is -0.348. The maximum Gasteiger partial charge on any atom is 0.227 e. The Labute approximate surface area is 175 Å². The number of aromatic nitrogens is 5. The van der Waals surface area contributed by atoms with Crippen molar-refractivity contribution in [2.75, 3.05) is 18.0 Å². The Bertz CT molecular complexity index is 1020. The molecule has 1 N–H and O–H groups in total. The quantitative estimate of drug-likeness (QED) is 0.712. The van der Waals surface area contributed by atoms with Crippen LogP contribution in [0.25, 0.3) is 0 Å². The molecular weight excluding hydrogens is 380 g/mol. The molecule has 1 saturated heterocycles. The van der Waals surface area contributed by atoms with E-state index < -0.39 is 0 Å². The normalized spacial score (nSPS) is 25.9. The third-order valence-corrected chi connectivity index (χ3v) is 6.49. The number of fused-ring (bicyclic) bond motifs is 1. The predicted molar refractivity (Wildman–Crippen MR) is 112 cm³/mol. The molecule has 0 aromatic carbocycles. The maximum atomic E-state index is 10.7. The number of nitrogens with zero attached hydrogens (tertiary/aromatic N) is 6. The SMILES string of the molecule is Cc1ncccc1Oc1ncnc(N2C[C@H]3C[C@@H](n4ccnc4)[C@H](O)C[C@H]3C2)c1C. The summed E-state index contributed by atoms with van der Waals surface area (Å²) in [5, 5.41) is 10.7. The monoisotopic (exact) mass is 406 g/mol. The first kappa shape index (κ1) is 19.0. The van der Waals surface area contributed by atoms with E-state index >= 15 is 0 Å². The van der Waals surface area contributed by atoms with E-state index in [0.29, 0.717) is 23.5 Å². The van der Waals surface area contributed by atoms with Gasteiger partial charge in [0.1, 0.15) is 12.1 Å². The minimum absolute atomic E-state index is 0.0904. The molecule has 8 nitrogen and oxygen atoms in total. The number of aliphatic hydroxyl groups is 1. The molecule has 1 saturated carbocycles. The molecule has 30 heavy (non-hydrogen) atoms. The van der Waals surface area contributed by atoms with Crippen molar-refractivity contribution in [1.29, 1.82) is 0 Å². The Morgan fingerprint density at radius 3 is 2.67 bits per heavy atom. The molecule has 0 radical (unpaired) electrons. The first-order valence-electron chi connectivity index (χ1n) is 10.4. The molecule has 0 spiro atoms. The van der Waals surface area contributed by atoms with Gasteiger partial charge in [-0.05, 0) is 50.7 Å². The predicted octanol–water partition coefficient (Wildman–Crippen LogP) is 2.93. The lowest BCUT2D eigenvalue weighted by Crippen LogP contribution is -2.35. The Kier molecular flexibility index (Phi) is 4.86. The summed E-state index contributed by atoms with van der Waals surface area (Å²) in [5.74, 6) is 3.14. The highest BCUT2D eigenvalue weighted by Gasteiger charge is 2.43. The summed E-state index contributed by atoms with van der Waals surface area (Å²) < 4.78 is 8.09. The molecule has 4 heterocycles. The van der Waals surface area contributed by atoms with Gasteiger partial charge < -0.3 is 19.3 Å². The number of ether oxygens (including phenoxy) is 1. The summed E-state index contributed by atoms with van der Waals surface area (Å²) in [6, 6.07) is 3.84. The van der Waals surface area contributed by atoms with Crippen molar-refractivity contribution in [3.8, 4) is 11.6 Å². The van der Waals surface area contributed by atoms with Gasteiger partial charge in [0.15, 0.2) is 5.75 Å². The van der Waals surface area contributed by atoms with E-state index in [-0.39, 0.29) is 12.1 Å². The van der Waals surface area contributed by atoms with Crippen LogP contribution in [0.3, 0.4) is 0 Å². The zero-order chi connectivity index (χ0) is 20.7. The van der Waals surface area contributed by atoms with Gasteiger partial charge in [0, 0.05) is 31.7 Å². The molecular formula is C22H26N6O2. The fourth-order valence-electron chi connectivity index (χ4n) is 4.89. The van der Waals surface area contributed by atoms with Gasteiger partial charge in [-0.15, -0.1) is 0 Å². The Morgan fingerprint density at radius 1 is 1.07 bits per heavy atom. The highest BCUT2D eigenvalue weighted by atomic mass is 16.5. The van der Waals surface area contributed by atoms with Gasteiger partial charge in [-0.3, -0.25) is 4.98 Å². The number of anilines is 1. The molecule has 8 heteroatoms. The number of pyridine rings is 1. The average Bonchev–Trinajstić information content (AvgIpc) is 3.40. The van der Waals surface area contributed by atoms with Crippen LogP contribution in [0.1, 0.15) is 30.1 Å².